The third-order valence-electron chi connectivity index (χ3n) is 2.45. The number of carbonyl (C=O) groups excluding carboxylic acids is 1. The zero-order valence-electron chi connectivity index (χ0n) is 10.2. The van der Waals surface area contributed by atoms with Gasteiger partial charge in [0.15, 0.2) is 0 Å². The number of aliphatic hydroxyl groups excluding tert-OH is 1. The molecule has 0 bridgehead atoms. The number of carbonyl (C=O) groups is 1. The van der Waals surface area contributed by atoms with Crippen molar-refractivity contribution in [2.75, 3.05) is 6.61 Å². The van der Waals surface area contributed by atoms with E-state index in [1.165, 1.54) is 0 Å². The van der Waals surface area contributed by atoms with Crippen molar-refractivity contribution in [3.8, 4) is 0 Å². The summed E-state index contributed by atoms with van der Waals surface area (Å²) in [5.41, 5.74) is 1.90. The predicted octanol–water partition coefficient (Wildman–Crippen LogP) is 2.54. The van der Waals surface area contributed by atoms with Gasteiger partial charge in [-0.2, -0.15) is 0 Å². The summed E-state index contributed by atoms with van der Waals surface area (Å²) in [6, 6.07) is 7.64. The first kappa shape index (κ1) is 13.5. The van der Waals surface area contributed by atoms with Gasteiger partial charge in [-0.25, -0.2) is 0 Å². The van der Waals surface area contributed by atoms with E-state index >= 15 is 0 Å². The van der Waals surface area contributed by atoms with Crippen molar-refractivity contribution in [2.45, 2.75) is 26.4 Å². The lowest BCUT2D eigenvalue weighted by molar-refractivity contribution is -0.141. The molecule has 0 aliphatic rings. The molecule has 1 unspecified atom stereocenters. The minimum atomic E-state index is -0.656. The van der Waals surface area contributed by atoms with Crippen molar-refractivity contribution in [1.82, 2.24) is 0 Å². The molecule has 1 aromatic carbocycles. The van der Waals surface area contributed by atoms with Crippen LogP contribution < -0.4 is 0 Å². The van der Waals surface area contributed by atoms with E-state index in [0.29, 0.717) is 6.42 Å². The van der Waals surface area contributed by atoms with Gasteiger partial charge in [-0.1, -0.05) is 37.3 Å². The van der Waals surface area contributed by atoms with Gasteiger partial charge in [0.05, 0.1) is 6.10 Å². The van der Waals surface area contributed by atoms with Gasteiger partial charge in [0, 0.05) is 6.42 Å². The van der Waals surface area contributed by atoms with Gasteiger partial charge in [-0.15, -0.1) is 0 Å². The van der Waals surface area contributed by atoms with E-state index in [1.54, 1.807) is 19.1 Å². The summed E-state index contributed by atoms with van der Waals surface area (Å²) in [5, 5.41) is 9.90. The number of benzene rings is 1. The quantitative estimate of drug-likeness (QED) is 0.629. The highest BCUT2D eigenvalue weighted by molar-refractivity contribution is 5.68. The van der Waals surface area contributed by atoms with E-state index in [4.69, 9.17) is 4.74 Å². The number of ether oxygens (including phenoxy) is 1. The largest absolute Gasteiger partial charge is 0.461 e. The molecule has 0 radical (unpaired) electrons. The second-order valence-electron chi connectivity index (χ2n) is 3.77. The Hall–Kier alpha value is -1.61. The molecule has 1 atom stereocenters. The zero-order valence-corrected chi connectivity index (χ0v) is 10.2. The molecule has 3 nitrogen and oxygen atoms in total. The molecule has 92 valence electrons. The van der Waals surface area contributed by atoms with Crippen molar-refractivity contribution >= 4 is 5.97 Å². The monoisotopic (exact) mass is 234 g/mol. The van der Waals surface area contributed by atoms with Crippen molar-refractivity contribution in [2.24, 2.45) is 0 Å². The minimum Gasteiger partial charge on any atom is -0.461 e. The van der Waals surface area contributed by atoms with Crippen molar-refractivity contribution < 1.29 is 14.6 Å². The lowest BCUT2D eigenvalue weighted by Gasteiger charge is -2.09. The number of hydrogen-bond donors (Lipinski definition) is 1. The average molecular weight is 234 g/mol. The Labute approximate surface area is 102 Å². The third kappa shape index (κ3) is 4.41. The van der Waals surface area contributed by atoms with Gasteiger partial charge in [0.25, 0.3) is 0 Å². The molecule has 1 N–H and O–H groups in total. The van der Waals surface area contributed by atoms with Gasteiger partial charge in [0.2, 0.25) is 0 Å². The molecule has 0 saturated carbocycles. The van der Waals surface area contributed by atoms with Gasteiger partial charge >= 0.3 is 5.97 Å². The van der Waals surface area contributed by atoms with Crippen LogP contribution in [0.1, 0.15) is 30.6 Å². The summed E-state index contributed by atoms with van der Waals surface area (Å²) < 4.78 is 4.87. The summed E-state index contributed by atoms with van der Waals surface area (Å²) >= 11 is 0. The number of hydrogen-bond acceptors (Lipinski definition) is 3. The predicted molar refractivity (Wildman–Crippen MR) is 66.5 cm³/mol. The number of esters is 1. The fourth-order valence-electron chi connectivity index (χ4n) is 1.45. The van der Waals surface area contributed by atoms with Gasteiger partial charge in [0.1, 0.15) is 6.61 Å². The fourth-order valence-corrected chi connectivity index (χ4v) is 1.45. The van der Waals surface area contributed by atoms with Crippen molar-refractivity contribution in [3.05, 3.63) is 47.5 Å². The first-order valence-corrected chi connectivity index (χ1v) is 5.71. The zero-order chi connectivity index (χ0) is 12.7. The van der Waals surface area contributed by atoms with Crippen molar-refractivity contribution in [3.63, 3.8) is 0 Å². The third-order valence-corrected chi connectivity index (χ3v) is 2.45. The van der Waals surface area contributed by atoms with Crippen LogP contribution in [0.2, 0.25) is 0 Å². The normalized spacial score (nSPS) is 12.6. The highest BCUT2D eigenvalue weighted by Gasteiger charge is 2.05. The molecular weight excluding hydrogens is 216 g/mol. The molecule has 1 aromatic rings. The highest BCUT2D eigenvalue weighted by atomic mass is 16.5. The van der Waals surface area contributed by atoms with Crippen LogP contribution in [0.4, 0.5) is 0 Å². The second kappa shape index (κ2) is 6.86. The first-order valence-electron chi connectivity index (χ1n) is 5.71. The summed E-state index contributed by atoms with van der Waals surface area (Å²) in [4.78, 5) is 10.9. The van der Waals surface area contributed by atoms with E-state index < -0.39 is 6.10 Å². The molecule has 0 fully saturated rings. The maximum atomic E-state index is 10.9. The molecule has 0 aliphatic heterocycles. The maximum Gasteiger partial charge on any atom is 0.305 e. The molecule has 0 saturated heterocycles. The molecule has 0 heterocycles. The topological polar surface area (TPSA) is 46.5 Å². The van der Waals surface area contributed by atoms with Gasteiger partial charge < -0.3 is 9.84 Å². The Bertz CT molecular complexity index is 396. The highest BCUT2D eigenvalue weighted by Crippen LogP contribution is 2.17. The molecule has 1 rings (SSSR count). The Kier molecular flexibility index (Phi) is 5.43. The summed E-state index contributed by atoms with van der Waals surface area (Å²) in [5.74, 6) is -0.236. The van der Waals surface area contributed by atoms with Crippen LogP contribution in [0.5, 0.6) is 0 Å². The fraction of sp³-hybridized carbons (Fsp3) is 0.357. The van der Waals surface area contributed by atoms with Gasteiger partial charge in [-0.3, -0.25) is 4.79 Å². The maximum absolute atomic E-state index is 10.9. The lowest BCUT2D eigenvalue weighted by atomic mass is 10.0. The summed E-state index contributed by atoms with van der Waals surface area (Å²) in [6.07, 6.45) is 3.00. The van der Waals surface area contributed by atoms with Crippen LogP contribution in [0.25, 0.3) is 0 Å². The van der Waals surface area contributed by atoms with Crippen LogP contribution >= 0.6 is 0 Å². The Morgan fingerprint density at radius 3 is 2.82 bits per heavy atom. The van der Waals surface area contributed by atoms with Crippen LogP contribution in [-0.4, -0.2) is 17.7 Å². The second-order valence-corrected chi connectivity index (χ2v) is 3.77. The number of aryl methyl sites for hydroxylation is 1. The van der Waals surface area contributed by atoms with E-state index in [-0.39, 0.29) is 12.6 Å². The molecule has 0 amide bonds. The standard InChI is InChI=1S/C14H18O3/c1-3-14(16)17-10-6-9-13(15)12-8-5-4-7-11(12)2/h4-9,13,15H,3,10H2,1-2H3/b9-6+. The smallest absolute Gasteiger partial charge is 0.305 e. The summed E-state index contributed by atoms with van der Waals surface area (Å²) in [6.45, 7) is 3.90. The van der Waals surface area contributed by atoms with E-state index in [9.17, 15) is 9.90 Å². The lowest BCUT2D eigenvalue weighted by Crippen LogP contribution is -2.02. The van der Waals surface area contributed by atoms with Crippen LogP contribution in [0.15, 0.2) is 36.4 Å². The Morgan fingerprint density at radius 1 is 1.47 bits per heavy atom. The van der Waals surface area contributed by atoms with Crippen molar-refractivity contribution in [1.29, 1.82) is 0 Å². The molecule has 0 aromatic heterocycles. The number of aliphatic hydroxyl groups is 1. The summed E-state index contributed by atoms with van der Waals surface area (Å²) in [7, 11) is 0. The number of rotatable bonds is 5. The molecule has 0 aliphatic carbocycles. The molecular formula is C14H18O3. The SMILES string of the molecule is CCC(=O)OC/C=C/C(O)c1ccccc1C. The molecule has 3 heteroatoms. The average Bonchev–Trinajstić information content (AvgIpc) is 2.34. The van der Waals surface area contributed by atoms with Crippen LogP contribution in [-0.2, 0) is 9.53 Å². The molecule has 0 spiro atoms. The minimum absolute atomic E-state index is 0.204. The van der Waals surface area contributed by atoms with E-state index in [0.717, 1.165) is 11.1 Å². The van der Waals surface area contributed by atoms with Crippen LogP contribution in [0.3, 0.4) is 0 Å². The molecule has 17 heavy (non-hydrogen) atoms. The van der Waals surface area contributed by atoms with Gasteiger partial charge in [-0.05, 0) is 24.1 Å². The Balaban J connectivity index is 2.49. The van der Waals surface area contributed by atoms with Crippen LogP contribution in [0, 0.1) is 6.92 Å². The van der Waals surface area contributed by atoms with E-state index in [2.05, 4.69) is 0 Å². The Morgan fingerprint density at radius 2 is 2.18 bits per heavy atom. The van der Waals surface area contributed by atoms with E-state index in [1.807, 2.05) is 31.2 Å². The first-order chi connectivity index (χ1) is 8.15.